The highest BCUT2D eigenvalue weighted by atomic mass is 16.6. The monoisotopic (exact) mass is 488 g/mol. The van der Waals surface area contributed by atoms with E-state index < -0.39 is 27.2 Å². The Morgan fingerprint density at radius 2 is 1.75 bits per heavy atom. The summed E-state index contributed by atoms with van der Waals surface area (Å²) >= 11 is 0. The highest BCUT2D eigenvalue weighted by molar-refractivity contribution is 6.04. The van der Waals surface area contributed by atoms with E-state index in [-0.39, 0.29) is 23.9 Å². The van der Waals surface area contributed by atoms with Gasteiger partial charge in [-0.2, -0.15) is 5.10 Å². The number of rotatable bonds is 7. The fraction of sp³-hybridized carbons (Fsp3) is 0.231. The molecule has 0 saturated heterocycles. The first kappa shape index (κ1) is 24.5. The Bertz CT molecular complexity index is 1400. The van der Waals surface area contributed by atoms with Crippen molar-refractivity contribution in [2.45, 2.75) is 32.6 Å². The smallest absolute Gasteiger partial charge is 0.303 e. The average Bonchev–Trinajstić information content (AvgIpc) is 2.83. The van der Waals surface area contributed by atoms with Gasteiger partial charge in [-0.25, -0.2) is 0 Å². The lowest BCUT2D eigenvalue weighted by molar-refractivity contribution is -0.393. The van der Waals surface area contributed by atoms with Crippen LogP contribution < -0.4 is 5.43 Å². The molecule has 10 heteroatoms. The Balaban J connectivity index is 1.82. The fourth-order valence-corrected chi connectivity index (χ4v) is 4.93. The second-order valence-electron chi connectivity index (χ2n) is 8.82. The van der Waals surface area contributed by atoms with Gasteiger partial charge in [0, 0.05) is 24.0 Å². The van der Waals surface area contributed by atoms with Gasteiger partial charge >= 0.3 is 11.7 Å². The van der Waals surface area contributed by atoms with Crippen LogP contribution in [0.1, 0.15) is 46.6 Å². The topological polar surface area (TPSA) is 148 Å². The Hall–Kier alpha value is -4.60. The van der Waals surface area contributed by atoms with Crippen LogP contribution in [0, 0.1) is 40.0 Å². The summed E-state index contributed by atoms with van der Waals surface area (Å²) in [7, 11) is 0. The Morgan fingerprint density at radius 3 is 2.42 bits per heavy atom. The number of anilines is 1. The molecule has 2 atom stereocenters. The number of benzene rings is 3. The average molecular weight is 489 g/mol. The number of hydrogen-bond acceptors (Lipinski definition) is 7. The molecule has 0 amide bonds. The third-order valence-electron chi connectivity index (χ3n) is 6.53. The quantitative estimate of drug-likeness (QED) is 0.326. The van der Waals surface area contributed by atoms with E-state index in [1.54, 1.807) is 0 Å². The van der Waals surface area contributed by atoms with Crippen molar-refractivity contribution in [3.8, 4) is 0 Å². The van der Waals surface area contributed by atoms with Gasteiger partial charge in [-0.1, -0.05) is 42.5 Å². The van der Waals surface area contributed by atoms with Crippen molar-refractivity contribution in [2.24, 2.45) is 11.0 Å². The van der Waals surface area contributed by atoms with Crippen LogP contribution in [0.5, 0.6) is 0 Å². The maximum Gasteiger partial charge on any atom is 0.303 e. The van der Waals surface area contributed by atoms with Crippen LogP contribution in [-0.2, 0) is 4.79 Å². The molecule has 3 aromatic carbocycles. The van der Waals surface area contributed by atoms with E-state index in [0.29, 0.717) is 12.1 Å². The molecule has 0 heterocycles. The van der Waals surface area contributed by atoms with Gasteiger partial charge in [-0.3, -0.25) is 30.4 Å². The first-order chi connectivity index (χ1) is 17.2. The summed E-state index contributed by atoms with van der Waals surface area (Å²) in [6.45, 7) is 3.98. The largest absolute Gasteiger partial charge is 0.481 e. The van der Waals surface area contributed by atoms with Crippen molar-refractivity contribution in [1.82, 2.24) is 0 Å². The Kier molecular flexibility index (Phi) is 6.77. The number of hydrogen-bond donors (Lipinski definition) is 2. The predicted octanol–water partition coefficient (Wildman–Crippen LogP) is 5.56. The Morgan fingerprint density at radius 1 is 1.03 bits per heavy atom. The van der Waals surface area contributed by atoms with E-state index in [4.69, 9.17) is 0 Å². The van der Waals surface area contributed by atoms with Gasteiger partial charge in [0.1, 0.15) is 5.69 Å². The van der Waals surface area contributed by atoms with Gasteiger partial charge in [0.25, 0.3) is 5.69 Å². The molecule has 0 spiro atoms. The van der Waals surface area contributed by atoms with Crippen LogP contribution in [-0.4, -0.2) is 26.6 Å². The molecule has 36 heavy (non-hydrogen) atoms. The summed E-state index contributed by atoms with van der Waals surface area (Å²) in [6, 6.07) is 17.0. The van der Waals surface area contributed by atoms with Crippen molar-refractivity contribution in [1.29, 1.82) is 0 Å². The van der Waals surface area contributed by atoms with E-state index in [1.165, 1.54) is 6.07 Å². The van der Waals surface area contributed by atoms with Gasteiger partial charge in [0.2, 0.25) is 0 Å². The number of aliphatic carboxylic acids is 1. The first-order valence-corrected chi connectivity index (χ1v) is 11.3. The van der Waals surface area contributed by atoms with Crippen LogP contribution in [0.3, 0.4) is 0 Å². The summed E-state index contributed by atoms with van der Waals surface area (Å²) in [4.78, 5) is 33.0. The molecular weight excluding hydrogens is 464 g/mol. The molecule has 184 valence electrons. The number of carboxylic acids is 1. The molecule has 4 rings (SSSR count). The lowest BCUT2D eigenvalue weighted by atomic mass is 9.68. The van der Waals surface area contributed by atoms with E-state index in [2.05, 4.69) is 10.5 Å². The Labute approximate surface area is 206 Å². The minimum Gasteiger partial charge on any atom is -0.481 e. The number of hydrazone groups is 1. The lowest BCUT2D eigenvalue weighted by Crippen LogP contribution is -2.30. The second kappa shape index (κ2) is 9.95. The minimum atomic E-state index is -0.922. The summed E-state index contributed by atoms with van der Waals surface area (Å²) < 4.78 is 0. The third kappa shape index (κ3) is 4.78. The molecule has 1 aliphatic rings. The van der Waals surface area contributed by atoms with E-state index in [1.807, 2.05) is 56.3 Å². The van der Waals surface area contributed by atoms with Crippen molar-refractivity contribution in [3.05, 3.63) is 109 Å². The molecule has 2 unspecified atom stereocenters. The minimum absolute atomic E-state index is 0.00288. The summed E-state index contributed by atoms with van der Waals surface area (Å²) in [6.07, 6.45) is 0.249. The first-order valence-electron chi connectivity index (χ1n) is 11.3. The van der Waals surface area contributed by atoms with Gasteiger partial charge in [-0.05, 0) is 54.5 Å². The number of carbonyl (C=O) groups is 1. The zero-order chi connectivity index (χ0) is 26.0. The van der Waals surface area contributed by atoms with Crippen molar-refractivity contribution in [3.63, 3.8) is 0 Å². The molecule has 0 bridgehead atoms. The second-order valence-corrected chi connectivity index (χ2v) is 8.82. The van der Waals surface area contributed by atoms with E-state index in [0.717, 1.165) is 39.9 Å². The third-order valence-corrected chi connectivity index (χ3v) is 6.53. The normalized spacial score (nSPS) is 17.9. The zero-order valence-electron chi connectivity index (χ0n) is 19.7. The predicted molar refractivity (Wildman–Crippen MR) is 134 cm³/mol. The van der Waals surface area contributed by atoms with E-state index >= 15 is 0 Å². The van der Waals surface area contributed by atoms with Gasteiger partial charge < -0.3 is 5.11 Å². The van der Waals surface area contributed by atoms with Crippen LogP contribution in [0.4, 0.5) is 17.1 Å². The molecule has 10 nitrogen and oxygen atoms in total. The highest BCUT2D eigenvalue weighted by Gasteiger charge is 2.37. The maximum atomic E-state index is 11.8. The number of nitro benzene ring substituents is 2. The molecule has 0 saturated carbocycles. The van der Waals surface area contributed by atoms with Crippen molar-refractivity contribution >= 4 is 28.7 Å². The molecule has 0 radical (unpaired) electrons. The number of nitrogens with zero attached hydrogens (tertiary/aromatic N) is 3. The highest BCUT2D eigenvalue weighted by Crippen LogP contribution is 2.45. The summed E-state index contributed by atoms with van der Waals surface area (Å²) in [5.74, 6) is -1.38. The molecule has 1 aliphatic carbocycles. The fourth-order valence-electron chi connectivity index (χ4n) is 4.93. The SMILES string of the molecule is Cc1ccccc1C1c2c(C)cccc2C(=NNc2ccc([N+](=O)[O-])cc2[N+](=O)[O-])CC1CC(=O)O. The van der Waals surface area contributed by atoms with Crippen LogP contribution in [0.25, 0.3) is 0 Å². The molecule has 2 N–H and O–H groups in total. The molecular formula is C26H24N4O6. The van der Waals surface area contributed by atoms with Crippen molar-refractivity contribution in [2.75, 3.05) is 5.43 Å². The van der Waals surface area contributed by atoms with Crippen LogP contribution in [0.2, 0.25) is 0 Å². The van der Waals surface area contributed by atoms with Crippen molar-refractivity contribution < 1.29 is 19.7 Å². The number of nitrogens with one attached hydrogen (secondary N) is 1. The number of carboxylic acid groups (broad SMARTS) is 1. The number of aryl methyl sites for hydroxylation is 2. The summed E-state index contributed by atoms with van der Waals surface area (Å²) in [5, 5.41) is 36.7. The lowest BCUT2D eigenvalue weighted by Gasteiger charge is -2.36. The maximum absolute atomic E-state index is 11.8. The molecule has 0 aromatic heterocycles. The molecule has 0 aliphatic heterocycles. The van der Waals surface area contributed by atoms with Gasteiger partial charge in [0.15, 0.2) is 0 Å². The van der Waals surface area contributed by atoms with E-state index in [9.17, 15) is 30.1 Å². The van der Waals surface area contributed by atoms with Gasteiger partial charge in [0.05, 0.1) is 21.6 Å². The summed E-state index contributed by atoms with van der Waals surface area (Å²) in [5.41, 5.74) is 7.31. The number of nitro groups is 2. The van der Waals surface area contributed by atoms with Gasteiger partial charge in [-0.15, -0.1) is 0 Å². The zero-order valence-corrected chi connectivity index (χ0v) is 19.7. The van der Waals surface area contributed by atoms with Crippen LogP contribution >= 0.6 is 0 Å². The number of non-ortho nitro benzene ring substituents is 1. The number of fused-ring (bicyclic) bond motifs is 1. The molecule has 0 fully saturated rings. The van der Waals surface area contributed by atoms with Crippen LogP contribution in [0.15, 0.2) is 65.8 Å². The standard InChI is InChI=1S/C26H24N4O6/c1-15-6-3-4-8-19(15)26-17(13-24(31)32)12-22(20-9-5-7-16(2)25(20)26)28-27-21-11-10-18(29(33)34)14-23(21)30(35)36/h3-11,14,17,26-27H,12-13H2,1-2H3,(H,31,32). The molecule has 3 aromatic rings.